The van der Waals surface area contributed by atoms with Crippen molar-refractivity contribution in [3.8, 4) is 5.88 Å². The third-order valence-electron chi connectivity index (χ3n) is 4.51. The molecule has 2 aromatic rings. The second-order valence-corrected chi connectivity index (χ2v) is 6.11. The van der Waals surface area contributed by atoms with E-state index in [4.69, 9.17) is 4.74 Å². The van der Waals surface area contributed by atoms with Gasteiger partial charge in [0.25, 0.3) is 5.91 Å². The first-order valence-corrected chi connectivity index (χ1v) is 8.36. The number of carbonyl (C=O) groups is 2. The highest BCUT2D eigenvalue weighted by atomic mass is 16.5. The molecule has 1 aliphatic rings. The number of nitrogens with zero attached hydrogens (tertiary/aromatic N) is 2. The maximum absolute atomic E-state index is 12.6. The zero-order chi connectivity index (χ0) is 18.7. The number of ether oxygens (including phenoxy) is 1. The summed E-state index contributed by atoms with van der Waals surface area (Å²) < 4.78 is 5.07. The fourth-order valence-corrected chi connectivity index (χ4v) is 2.98. The highest BCUT2D eigenvalue weighted by molar-refractivity contribution is 6.01. The molecular weight excluding hydrogens is 334 g/mol. The summed E-state index contributed by atoms with van der Waals surface area (Å²) in [6, 6.07) is 11.1. The number of hydrogen-bond donors (Lipinski definition) is 2. The van der Waals surface area contributed by atoms with Crippen LogP contribution in [0.3, 0.4) is 0 Å². The fraction of sp³-hybridized carbons (Fsp3) is 0.316. The van der Waals surface area contributed by atoms with E-state index in [-0.39, 0.29) is 18.4 Å². The fourth-order valence-electron chi connectivity index (χ4n) is 2.98. The van der Waals surface area contributed by atoms with Crippen LogP contribution in [-0.2, 0) is 11.3 Å². The number of aromatic nitrogens is 1. The summed E-state index contributed by atoms with van der Waals surface area (Å²) in [7, 11) is 1.50. The molecule has 0 aliphatic carbocycles. The highest BCUT2D eigenvalue weighted by Gasteiger charge is 2.34. The molecule has 1 unspecified atom stereocenters. The van der Waals surface area contributed by atoms with E-state index in [0.717, 1.165) is 5.56 Å². The standard InChI is InChI=1S/C19H21N3O4/c1-12(22-10-13-6-3-4-7-14(13)19(22)25)18(24)21-16(11-23)15-8-5-9-17(20-15)26-2/h3-9,12,16,23H,10-11H2,1-2H3,(H,21,24)/t12?,16-/m1/s1. The summed E-state index contributed by atoms with van der Waals surface area (Å²) in [5.74, 6) is -0.119. The van der Waals surface area contributed by atoms with Crippen molar-refractivity contribution < 1.29 is 19.4 Å². The molecule has 2 N–H and O–H groups in total. The first-order chi connectivity index (χ1) is 12.5. The number of hydrogen-bond acceptors (Lipinski definition) is 5. The largest absolute Gasteiger partial charge is 0.481 e. The molecule has 136 valence electrons. The smallest absolute Gasteiger partial charge is 0.255 e. The minimum absolute atomic E-state index is 0.164. The molecule has 26 heavy (non-hydrogen) atoms. The Balaban J connectivity index is 1.71. The zero-order valence-corrected chi connectivity index (χ0v) is 14.7. The number of amides is 2. The van der Waals surface area contributed by atoms with Gasteiger partial charge >= 0.3 is 0 Å². The van der Waals surface area contributed by atoms with Crippen molar-refractivity contribution in [2.45, 2.75) is 25.6 Å². The monoisotopic (exact) mass is 355 g/mol. The predicted octanol–water partition coefficient (Wildman–Crippen LogP) is 1.28. The molecule has 1 aromatic heterocycles. The minimum Gasteiger partial charge on any atom is -0.481 e. The SMILES string of the molecule is COc1cccc([C@@H](CO)NC(=O)C(C)N2Cc3ccccc3C2=O)n1. The van der Waals surface area contributed by atoms with Crippen LogP contribution in [-0.4, -0.2) is 46.6 Å². The molecule has 7 heteroatoms. The van der Waals surface area contributed by atoms with Gasteiger partial charge in [-0.3, -0.25) is 9.59 Å². The van der Waals surface area contributed by atoms with E-state index in [1.807, 2.05) is 12.1 Å². The number of methoxy groups -OCH3 is 1. The maximum atomic E-state index is 12.6. The second kappa shape index (κ2) is 7.53. The Hall–Kier alpha value is -2.93. The lowest BCUT2D eigenvalue weighted by Crippen LogP contribution is -2.46. The molecule has 1 aliphatic heterocycles. The van der Waals surface area contributed by atoms with Crippen molar-refractivity contribution in [2.24, 2.45) is 0 Å². The van der Waals surface area contributed by atoms with Gasteiger partial charge in [0.05, 0.1) is 25.5 Å². The van der Waals surface area contributed by atoms with Gasteiger partial charge in [0.1, 0.15) is 6.04 Å². The van der Waals surface area contributed by atoms with E-state index in [2.05, 4.69) is 10.3 Å². The van der Waals surface area contributed by atoms with Crippen molar-refractivity contribution in [1.29, 1.82) is 0 Å². The Bertz CT molecular complexity index is 824. The van der Waals surface area contributed by atoms with E-state index < -0.39 is 12.1 Å². The number of nitrogens with one attached hydrogen (secondary N) is 1. The van der Waals surface area contributed by atoms with Crippen LogP contribution in [0.4, 0.5) is 0 Å². The van der Waals surface area contributed by atoms with E-state index in [1.54, 1.807) is 37.3 Å². The Morgan fingerprint density at radius 1 is 1.31 bits per heavy atom. The van der Waals surface area contributed by atoms with Crippen LogP contribution in [0.25, 0.3) is 0 Å². The van der Waals surface area contributed by atoms with Crippen LogP contribution in [0.2, 0.25) is 0 Å². The molecule has 0 saturated carbocycles. The van der Waals surface area contributed by atoms with Gasteiger partial charge in [-0.25, -0.2) is 4.98 Å². The van der Waals surface area contributed by atoms with Gasteiger partial charge < -0.3 is 20.1 Å². The molecule has 0 radical (unpaired) electrons. The molecule has 0 spiro atoms. The average molecular weight is 355 g/mol. The summed E-state index contributed by atoms with van der Waals surface area (Å²) in [6.07, 6.45) is 0. The van der Waals surface area contributed by atoms with Crippen molar-refractivity contribution >= 4 is 11.8 Å². The van der Waals surface area contributed by atoms with Crippen LogP contribution in [0.15, 0.2) is 42.5 Å². The highest BCUT2D eigenvalue weighted by Crippen LogP contribution is 2.24. The lowest BCUT2D eigenvalue weighted by atomic mass is 10.1. The van der Waals surface area contributed by atoms with Gasteiger partial charge in [0, 0.05) is 18.2 Å². The molecule has 0 saturated heterocycles. The van der Waals surface area contributed by atoms with Gasteiger partial charge in [0.2, 0.25) is 11.8 Å². The molecule has 0 bridgehead atoms. The topological polar surface area (TPSA) is 91.8 Å². The summed E-state index contributed by atoms with van der Waals surface area (Å²) in [6.45, 7) is 1.75. The predicted molar refractivity (Wildman–Crippen MR) is 94.5 cm³/mol. The van der Waals surface area contributed by atoms with Crippen molar-refractivity contribution in [2.75, 3.05) is 13.7 Å². The Morgan fingerprint density at radius 3 is 2.77 bits per heavy atom. The number of pyridine rings is 1. The first-order valence-electron chi connectivity index (χ1n) is 8.36. The molecule has 2 amide bonds. The number of rotatable bonds is 6. The molecule has 2 atom stereocenters. The Kier molecular flexibility index (Phi) is 5.18. The average Bonchev–Trinajstić information content (AvgIpc) is 3.02. The second-order valence-electron chi connectivity index (χ2n) is 6.11. The van der Waals surface area contributed by atoms with E-state index >= 15 is 0 Å². The number of benzene rings is 1. The van der Waals surface area contributed by atoms with Crippen LogP contribution in [0, 0.1) is 0 Å². The van der Waals surface area contributed by atoms with Gasteiger partial charge in [0.15, 0.2) is 0 Å². The van der Waals surface area contributed by atoms with Gasteiger partial charge in [-0.2, -0.15) is 0 Å². The lowest BCUT2D eigenvalue weighted by molar-refractivity contribution is -0.126. The van der Waals surface area contributed by atoms with Gasteiger partial charge in [-0.1, -0.05) is 24.3 Å². The molecule has 2 heterocycles. The van der Waals surface area contributed by atoms with Crippen LogP contribution >= 0.6 is 0 Å². The number of aliphatic hydroxyl groups excluding tert-OH is 1. The van der Waals surface area contributed by atoms with Crippen molar-refractivity contribution in [3.63, 3.8) is 0 Å². The van der Waals surface area contributed by atoms with Crippen molar-refractivity contribution in [1.82, 2.24) is 15.2 Å². The zero-order valence-electron chi connectivity index (χ0n) is 14.7. The van der Waals surface area contributed by atoms with Crippen molar-refractivity contribution in [3.05, 3.63) is 59.3 Å². The van der Waals surface area contributed by atoms with Crippen LogP contribution in [0.1, 0.15) is 34.6 Å². The molecular formula is C19H21N3O4. The molecule has 3 rings (SSSR count). The summed E-state index contributed by atoms with van der Waals surface area (Å²) in [4.78, 5) is 30.9. The van der Waals surface area contributed by atoms with E-state index in [9.17, 15) is 14.7 Å². The maximum Gasteiger partial charge on any atom is 0.255 e. The van der Waals surface area contributed by atoms with Crippen LogP contribution in [0.5, 0.6) is 5.88 Å². The molecule has 7 nitrogen and oxygen atoms in total. The normalized spacial score (nSPS) is 15.3. The van der Waals surface area contributed by atoms with Gasteiger partial charge in [-0.05, 0) is 24.6 Å². The summed E-state index contributed by atoms with van der Waals surface area (Å²) >= 11 is 0. The third kappa shape index (κ3) is 3.39. The first kappa shape index (κ1) is 17.9. The summed E-state index contributed by atoms with van der Waals surface area (Å²) in [5.41, 5.74) is 2.02. The number of aliphatic hydroxyl groups is 1. The molecule has 1 aromatic carbocycles. The van der Waals surface area contributed by atoms with E-state index in [0.29, 0.717) is 23.7 Å². The Labute approximate surface area is 151 Å². The van der Waals surface area contributed by atoms with E-state index in [1.165, 1.54) is 12.0 Å². The quantitative estimate of drug-likeness (QED) is 0.815. The Morgan fingerprint density at radius 2 is 2.08 bits per heavy atom. The van der Waals surface area contributed by atoms with Crippen LogP contribution < -0.4 is 10.1 Å². The summed E-state index contributed by atoms with van der Waals surface area (Å²) in [5, 5.41) is 12.4. The molecule has 0 fully saturated rings. The lowest BCUT2D eigenvalue weighted by Gasteiger charge is -2.25. The number of fused-ring (bicyclic) bond motifs is 1. The third-order valence-corrected chi connectivity index (χ3v) is 4.51. The number of carbonyl (C=O) groups excluding carboxylic acids is 2. The van der Waals surface area contributed by atoms with Gasteiger partial charge in [-0.15, -0.1) is 0 Å². The minimum atomic E-state index is -0.680.